The number of carbonyl (C=O) groups excluding carboxylic acids is 2. The molecule has 2 amide bonds. The number of aromatic nitrogens is 1. The molecule has 1 saturated carbocycles. The molecule has 1 aromatic rings. The lowest BCUT2D eigenvalue weighted by atomic mass is 9.68. The fraction of sp³-hybridized carbons (Fsp3) is 0.650. The van der Waals surface area contributed by atoms with Gasteiger partial charge < -0.3 is 14.9 Å². The van der Waals surface area contributed by atoms with Crippen molar-refractivity contribution in [3.8, 4) is 0 Å². The van der Waals surface area contributed by atoms with E-state index in [0.29, 0.717) is 19.5 Å². The third kappa shape index (κ3) is 2.90. The number of aliphatic hydroxyl groups is 1. The van der Waals surface area contributed by atoms with Crippen molar-refractivity contribution < 1.29 is 14.7 Å². The van der Waals surface area contributed by atoms with Gasteiger partial charge in [0.1, 0.15) is 0 Å². The van der Waals surface area contributed by atoms with Gasteiger partial charge in [-0.05, 0) is 37.3 Å². The number of nitrogens with zero attached hydrogens (tertiary/aromatic N) is 3. The van der Waals surface area contributed by atoms with E-state index in [1.165, 1.54) is 6.42 Å². The van der Waals surface area contributed by atoms with Gasteiger partial charge in [-0.15, -0.1) is 0 Å². The molecule has 2 saturated heterocycles. The predicted octanol–water partition coefficient (Wildman–Crippen LogP) is 1.52. The molecular weight excluding hydrogens is 330 g/mol. The maximum Gasteiger partial charge on any atom is 0.254 e. The van der Waals surface area contributed by atoms with Gasteiger partial charge >= 0.3 is 0 Å². The Hall–Kier alpha value is -1.95. The Morgan fingerprint density at radius 1 is 1.23 bits per heavy atom. The minimum Gasteiger partial charge on any atom is -0.381 e. The molecule has 0 bridgehead atoms. The largest absolute Gasteiger partial charge is 0.381 e. The first kappa shape index (κ1) is 17.5. The molecule has 1 spiro atoms. The third-order valence-electron chi connectivity index (χ3n) is 6.44. The highest BCUT2D eigenvalue weighted by molar-refractivity contribution is 5.90. The summed E-state index contributed by atoms with van der Waals surface area (Å²) in [5.41, 5.74) is 0.615. The maximum atomic E-state index is 12.5. The summed E-state index contributed by atoms with van der Waals surface area (Å²) < 4.78 is 0. The number of β-lactam (4-membered cyclic amide) rings is 1. The number of aliphatic hydroxyl groups excluding tert-OH is 1. The minimum atomic E-state index is -0.812. The molecule has 6 heteroatoms. The second kappa shape index (κ2) is 6.99. The zero-order valence-electron chi connectivity index (χ0n) is 15.1. The predicted molar refractivity (Wildman–Crippen MR) is 96.2 cm³/mol. The highest BCUT2D eigenvalue weighted by Gasteiger charge is 2.61. The lowest BCUT2D eigenvalue weighted by Crippen LogP contribution is -2.77. The number of amides is 2. The van der Waals surface area contributed by atoms with E-state index in [2.05, 4.69) is 4.98 Å². The number of hydrogen-bond donors (Lipinski definition) is 1. The van der Waals surface area contributed by atoms with Crippen molar-refractivity contribution >= 4 is 11.8 Å². The summed E-state index contributed by atoms with van der Waals surface area (Å²) in [6, 6.07) is 3.93. The molecule has 3 fully saturated rings. The molecule has 4 rings (SSSR count). The first-order valence-electron chi connectivity index (χ1n) is 9.80. The molecule has 1 aliphatic carbocycles. The average Bonchev–Trinajstić information content (AvgIpc) is 2.70. The lowest BCUT2D eigenvalue weighted by molar-refractivity contribution is -0.201. The van der Waals surface area contributed by atoms with Crippen molar-refractivity contribution in [1.82, 2.24) is 14.8 Å². The van der Waals surface area contributed by atoms with Crippen LogP contribution in [0.3, 0.4) is 0 Å². The van der Waals surface area contributed by atoms with Crippen LogP contribution < -0.4 is 0 Å². The molecule has 2 aliphatic heterocycles. The van der Waals surface area contributed by atoms with Crippen LogP contribution in [-0.4, -0.2) is 62.5 Å². The molecule has 1 atom stereocenters. The van der Waals surface area contributed by atoms with Gasteiger partial charge in [-0.1, -0.05) is 25.3 Å². The van der Waals surface area contributed by atoms with Crippen LogP contribution in [-0.2, 0) is 16.0 Å². The SMILES string of the molecule is O=C(Cc1cccnc1)N1CCC(N2C(=O)C(O)C23CCCCC3)CC1. The van der Waals surface area contributed by atoms with Gasteiger partial charge in [-0.25, -0.2) is 0 Å². The van der Waals surface area contributed by atoms with Gasteiger partial charge in [0.25, 0.3) is 5.91 Å². The molecule has 6 nitrogen and oxygen atoms in total. The van der Waals surface area contributed by atoms with Crippen molar-refractivity contribution in [3.05, 3.63) is 30.1 Å². The van der Waals surface area contributed by atoms with Gasteiger partial charge in [-0.2, -0.15) is 0 Å². The molecule has 140 valence electrons. The Balaban J connectivity index is 1.36. The highest BCUT2D eigenvalue weighted by atomic mass is 16.3. The second-order valence-electron chi connectivity index (χ2n) is 7.93. The number of carbonyl (C=O) groups is 2. The van der Waals surface area contributed by atoms with Crippen LogP contribution in [0.15, 0.2) is 24.5 Å². The monoisotopic (exact) mass is 357 g/mol. The van der Waals surface area contributed by atoms with E-state index in [1.54, 1.807) is 12.4 Å². The summed E-state index contributed by atoms with van der Waals surface area (Å²) in [5, 5.41) is 10.3. The van der Waals surface area contributed by atoms with Gasteiger partial charge in [0.15, 0.2) is 6.10 Å². The summed E-state index contributed by atoms with van der Waals surface area (Å²) >= 11 is 0. The smallest absolute Gasteiger partial charge is 0.254 e. The quantitative estimate of drug-likeness (QED) is 0.833. The molecule has 3 heterocycles. The van der Waals surface area contributed by atoms with E-state index >= 15 is 0 Å². The van der Waals surface area contributed by atoms with E-state index in [0.717, 1.165) is 44.1 Å². The molecule has 1 aromatic heterocycles. The Kier molecular flexibility index (Phi) is 4.69. The zero-order valence-corrected chi connectivity index (χ0v) is 15.1. The molecule has 0 aromatic carbocycles. The van der Waals surface area contributed by atoms with Crippen molar-refractivity contribution in [3.63, 3.8) is 0 Å². The number of piperidine rings is 1. The third-order valence-corrected chi connectivity index (χ3v) is 6.44. The standard InChI is InChI=1S/C20H27N3O3/c24-17(13-15-5-4-10-21-14-15)22-11-6-16(7-12-22)23-19(26)18(25)20(23)8-2-1-3-9-20/h4-5,10,14,16,18,25H,1-3,6-9,11-13H2. The summed E-state index contributed by atoms with van der Waals surface area (Å²) in [4.78, 5) is 32.8. The number of rotatable bonds is 3. The van der Waals surface area contributed by atoms with E-state index < -0.39 is 6.10 Å². The van der Waals surface area contributed by atoms with Crippen LogP contribution in [0.1, 0.15) is 50.5 Å². The first-order valence-corrected chi connectivity index (χ1v) is 9.80. The summed E-state index contributed by atoms with van der Waals surface area (Å²) in [6.45, 7) is 1.36. The van der Waals surface area contributed by atoms with Crippen molar-refractivity contribution in [2.45, 2.75) is 69.1 Å². The van der Waals surface area contributed by atoms with E-state index in [1.807, 2.05) is 21.9 Å². The number of likely N-dealkylation sites (tertiary alicyclic amines) is 2. The van der Waals surface area contributed by atoms with Crippen LogP contribution >= 0.6 is 0 Å². The van der Waals surface area contributed by atoms with E-state index in [4.69, 9.17) is 0 Å². The average molecular weight is 357 g/mol. The second-order valence-corrected chi connectivity index (χ2v) is 7.93. The summed E-state index contributed by atoms with van der Waals surface area (Å²) in [7, 11) is 0. The molecule has 3 aliphatic rings. The maximum absolute atomic E-state index is 12.5. The fourth-order valence-corrected chi connectivity index (χ4v) is 5.03. The van der Waals surface area contributed by atoms with Crippen molar-refractivity contribution in [2.75, 3.05) is 13.1 Å². The molecule has 1 unspecified atom stereocenters. The van der Waals surface area contributed by atoms with Crippen LogP contribution in [0.4, 0.5) is 0 Å². The summed E-state index contributed by atoms with van der Waals surface area (Å²) in [5.74, 6) is 0.0193. The summed E-state index contributed by atoms with van der Waals surface area (Å²) in [6.07, 6.45) is 9.82. The molecule has 1 N–H and O–H groups in total. The van der Waals surface area contributed by atoms with Gasteiger partial charge in [0.2, 0.25) is 5.91 Å². The van der Waals surface area contributed by atoms with Crippen molar-refractivity contribution in [2.24, 2.45) is 0 Å². The fourth-order valence-electron chi connectivity index (χ4n) is 5.03. The highest BCUT2D eigenvalue weighted by Crippen LogP contribution is 2.46. The van der Waals surface area contributed by atoms with E-state index in [-0.39, 0.29) is 23.4 Å². The van der Waals surface area contributed by atoms with Crippen LogP contribution in [0, 0.1) is 0 Å². The normalized spacial score (nSPS) is 26.0. The van der Waals surface area contributed by atoms with Gasteiger partial charge in [-0.3, -0.25) is 14.6 Å². The van der Waals surface area contributed by atoms with Crippen LogP contribution in [0.25, 0.3) is 0 Å². The first-order chi connectivity index (χ1) is 12.6. The van der Waals surface area contributed by atoms with Gasteiger partial charge in [0.05, 0.1) is 12.0 Å². The zero-order chi connectivity index (χ0) is 18.1. The Morgan fingerprint density at radius 3 is 2.62 bits per heavy atom. The Labute approximate surface area is 154 Å². The molecule has 26 heavy (non-hydrogen) atoms. The topological polar surface area (TPSA) is 73.7 Å². The molecule has 0 radical (unpaired) electrons. The Bertz CT molecular complexity index is 664. The number of pyridine rings is 1. The lowest BCUT2D eigenvalue weighted by Gasteiger charge is -2.61. The number of hydrogen-bond acceptors (Lipinski definition) is 4. The Morgan fingerprint density at radius 2 is 1.96 bits per heavy atom. The van der Waals surface area contributed by atoms with Crippen LogP contribution in [0.5, 0.6) is 0 Å². The van der Waals surface area contributed by atoms with Crippen molar-refractivity contribution in [1.29, 1.82) is 0 Å². The van der Waals surface area contributed by atoms with Gasteiger partial charge in [0, 0.05) is 31.5 Å². The minimum absolute atomic E-state index is 0.105. The van der Waals surface area contributed by atoms with Crippen LogP contribution in [0.2, 0.25) is 0 Å². The molecular formula is C20H27N3O3. The van der Waals surface area contributed by atoms with E-state index in [9.17, 15) is 14.7 Å².